The van der Waals surface area contributed by atoms with Crippen molar-refractivity contribution in [3.63, 3.8) is 0 Å². The van der Waals surface area contributed by atoms with Crippen LogP contribution in [0.4, 0.5) is 5.69 Å². The molecule has 1 aromatic heterocycles. The molecule has 2 rings (SSSR count). The maximum absolute atomic E-state index is 12.0. The fourth-order valence-electron chi connectivity index (χ4n) is 1.89. The molecule has 0 spiro atoms. The average molecular weight is 322 g/mol. The Labute approximate surface area is 121 Å². The minimum absolute atomic E-state index is 0.135. The van der Waals surface area contributed by atoms with Crippen LogP contribution in [0.1, 0.15) is 28.1 Å². The first-order valence-corrected chi connectivity index (χ1v) is 7.33. The number of amides is 1. The molecule has 0 fully saturated rings. The van der Waals surface area contributed by atoms with Gasteiger partial charge >= 0.3 is 0 Å². The maximum Gasteiger partial charge on any atom is 0.259 e. The van der Waals surface area contributed by atoms with E-state index in [0.717, 1.165) is 23.9 Å². The van der Waals surface area contributed by atoms with E-state index in [1.807, 2.05) is 18.2 Å². The molecule has 1 aromatic carbocycles. The summed E-state index contributed by atoms with van der Waals surface area (Å²) in [5.74, 6) is 0.497. The highest BCUT2D eigenvalue weighted by Gasteiger charge is 2.11. The first-order valence-electron chi connectivity index (χ1n) is 6.21. The van der Waals surface area contributed by atoms with Crippen molar-refractivity contribution in [2.75, 3.05) is 10.6 Å². The molecular formula is C15H16BrNO2. The average Bonchev–Trinajstić information content (AvgIpc) is 2.83. The molecule has 1 N–H and O–H groups in total. The number of alkyl halides is 1. The molecular weight excluding hydrogens is 306 g/mol. The van der Waals surface area contributed by atoms with Crippen molar-refractivity contribution >= 4 is 27.5 Å². The van der Waals surface area contributed by atoms with Crippen LogP contribution in [0.15, 0.2) is 41.0 Å². The summed E-state index contributed by atoms with van der Waals surface area (Å²) in [5, 5.41) is 3.88. The van der Waals surface area contributed by atoms with E-state index in [9.17, 15) is 4.79 Å². The van der Waals surface area contributed by atoms with E-state index in [0.29, 0.717) is 11.3 Å². The Bertz CT molecular complexity index is 563. The number of nitrogens with one attached hydrogen (secondary N) is 1. The Balaban J connectivity index is 2.07. The number of carbonyl (C=O) groups is 1. The first kappa shape index (κ1) is 13.9. The van der Waals surface area contributed by atoms with Crippen LogP contribution in [0.25, 0.3) is 0 Å². The van der Waals surface area contributed by atoms with E-state index in [2.05, 4.69) is 27.3 Å². The van der Waals surface area contributed by atoms with E-state index >= 15 is 0 Å². The van der Waals surface area contributed by atoms with E-state index < -0.39 is 0 Å². The largest absolute Gasteiger partial charge is 0.469 e. The number of carbonyl (C=O) groups excluding carboxylic acids is 1. The van der Waals surface area contributed by atoms with Crippen LogP contribution < -0.4 is 5.32 Å². The van der Waals surface area contributed by atoms with Gasteiger partial charge in [-0.05, 0) is 43.5 Å². The van der Waals surface area contributed by atoms with Gasteiger partial charge in [0.05, 0.1) is 11.8 Å². The van der Waals surface area contributed by atoms with E-state index in [4.69, 9.17) is 4.42 Å². The normalized spacial score (nSPS) is 10.4. The molecule has 0 unspecified atom stereocenters. The molecule has 0 saturated heterocycles. The quantitative estimate of drug-likeness (QED) is 0.840. The second kappa shape index (κ2) is 6.57. The molecule has 2 aromatic rings. The van der Waals surface area contributed by atoms with Crippen molar-refractivity contribution in [1.82, 2.24) is 0 Å². The lowest BCUT2D eigenvalue weighted by Gasteiger charge is -2.06. The van der Waals surface area contributed by atoms with Crippen molar-refractivity contribution in [3.8, 4) is 0 Å². The predicted molar refractivity (Wildman–Crippen MR) is 80.0 cm³/mol. The molecule has 0 saturated carbocycles. The van der Waals surface area contributed by atoms with Gasteiger partial charge in [-0.3, -0.25) is 4.79 Å². The van der Waals surface area contributed by atoms with Gasteiger partial charge in [-0.2, -0.15) is 0 Å². The van der Waals surface area contributed by atoms with Gasteiger partial charge in [-0.25, -0.2) is 0 Å². The Morgan fingerprint density at radius 1 is 1.37 bits per heavy atom. The zero-order valence-electron chi connectivity index (χ0n) is 10.8. The van der Waals surface area contributed by atoms with Crippen LogP contribution >= 0.6 is 15.9 Å². The standard InChI is InChI=1S/C15H16BrNO2/c1-11-14(7-9-19-11)15(18)17-13-6-2-4-12(10-13)5-3-8-16/h2,4,6-7,9-10H,3,5,8H2,1H3,(H,17,18). The summed E-state index contributed by atoms with van der Waals surface area (Å²) in [7, 11) is 0. The second-order valence-electron chi connectivity index (χ2n) is 4.34. The summed E-state index contributed by atoms with van der Waals surface area (Å²) in [4.78, 5) is 12.0. The Morgan fingerprint density at radius 2 is 2.21 bits per heavy atom. The number of furan rings is 1. The summed E-state index contributed by atoms with van der Waals surface area (Å²) in [6.45, 7) is 1.78. The summed E-state index contributed by atoms with van der Waals surface area (Å²) >= 11 is 3.42. The summed E-state index contributed by atoms with van der Waals surface area (Å²) < 4.78 is 5.13. The molecule has 0 bridgehead atoms. The zero-order chi connectivity index (χ0) is 13.7. The van der Waals surface area contributed by atoms with Gasteiger partial charge in [0, 0.05) is 11.0 Å². The van der Waals surface area contributed by atoms with Gasteiger partial charge in [-0.15, -0.1) is 0 Å². The molecule has 4 heteroatoms. The SMILES string of the molecule is Cc1occc1C(=O)Nc1cccc(CCCBr)c1. The van der Waals surface area contributed by atoms with Crippen LogP contribution in [-0.4, -0.2) is 11.2 Å². The third-order valence-electron chi connectivity index (χ3n) is 2.89. The van der Waals surface area contributed by atoms with Crippen LogP contribution in [0, 0.1) is 6.92 Å². The summed E-state index contributed by atoms with van der Waals surface area (Å²) in [6, 6.07) is 9.61. The number of halogens is 1. The Morgan fingerprint density at radius 3 is 2.89 bits per heavy atom. The molecule has 0 aliphatic heterocycles. The highest BCUT2D eigenvalue weighted by atomic mass is 79.9. The molecule has 1 amide bonds. The minimum Gasteiger partial charge on any atom is -0.469 e. The van der Waals surface area contributed by atoms with Crippen LogP contribution in [0.2, 0.25) is 0 Å². The zero-order valence-corrected chi connectivity index (χ0v) is 12.4. The maximum atomic E-state index is 12.0. The lowest BCUT2D eigenvalue weighted by molar-refractivity contribution is 0.102. The van der Waals surface area contributed by atoms with Crippen LogP contribution in [0.5, 0.6) is 0 Å². The van der Waals surface area contributed by atoms with Gasteiger partial charge in [0.2, 0.25) is 0 Å². The molecule has 19 heavy (non-hydrogen) atoms. The Hall–Kier alpha value is -1.55. The molecule has 3 nitrogen and oxygen atoms in total. The minimum atomic E-state index is -0.135. The number of hydrogen-bond donors (Lipinski definition) is 1. The third-order valence-corrected chi connectivity index (χ3v) is 3.45. The van der Waals surface area contributed by atoms with Crippen molar-refractivity contribution in [2.24, 2.45) is 0 Å². The van der Waals surface area contributed by atoms with Crippen LogP contribution in [0.3, 0.4) is 0 Å². The van der Waals surface area contributed by atoms with Crippen molar-refractivity contribution < 1.29 is 9.21 Å². The van der Waals surface area contributed by atoms with Gasteiger partial charge in [0.1, 0.15) is 5.76 Å². The van der Waals surface area contributed by atoms with Crippen molar-refractivity contribution in [1.29, 1.82) is 0 Å². The van der Waals surface area contributed by atoms with Gasteiger partial charge < -0.3 is 9.73 Å². The number of hydrogen-bond acceptors (Lipinski definition) is 2. The second-order valence-corrected chi connectivity index (χ2v) is 5.13. The summed E-state index contributed by atoms with van der Waals surface area (Å²) in [5.41, 5.74) is 2.62. The molecule has 100 valence electrons. The highest BCUT2D eigenvalue weighted by Crippen LogP contribution is 2.16. The fourth-order valence-corrected chi connectivity index (χ4v) is 2.17. The van der Waals surface area contributed by atoms with E-state index in [-0.39, 0.29) is 5.91 Å². The lowest BCUT2D eigenvalue weighted by Crippen LogP contribution is -2.12. The molecule has 0 atom stereocenters. The van der Waals surface area contributed by atoms with Crippen LogP contribution in [-0.2, 0) is 6.42 Å². The number of aryl methyl sites for hydroxylation is 2. The predicted octanol–water partition coefficient (Wildman–Crippen LogP) is 4.17. The summed E-state index contributed by atoms with van der Waals surface area (Å²) in [6.07, 6.45) is 3.61. The fraction of sp³-hybridized carbons (Fsp3) is 0.267. The Kier molecular flexibility index (Phi) is 4.80. The topological polar surface area (TPSA) is 42.2 Å². The monoisotopic (exact) mass is 321 g/mol. The number of anilines is 1. The van der Waals surface area contributed by atoms with E-state index in [1.54, 1.807) is 13.0 Å². The highest BCUT2D eigenvalue weighted by molar-refractivity contribution is 9.09. The molecule has 1 heterocycles. The van der Waals surface area contributed by atoms with Gasteiger partial charge in [0.25, 0.3) is 5.91 Å². The number of benzene rings is 1. The molecule has 0 radical (unpaired) electrons. The van der Waals surface area contributed by atoms with Crippen molar-refractivity contribution in [3.05, 3.63) is 53.5 Å². The molecule has 0 aliphatic rings. The van der Waals surface area contributed by atoms with Gasteiger partial charge in [0.15, 0.2) is 0 Å². The first-order chi connectivity index (χ1) is 9.20. The lowest BCUT2D eigenvalue weighted by atomic mass is 10.1. The van der Waals surface area contributed by atoms with Crippen molar-refractivity contribution in [2.45, 2.75) is 19.8 Å². The number of rotatable bonds is 5. The van der Waals surface area contributed by atoms with E-state index in [1.165, 1.54) is 11.8 Å². The van der Waals surface area contributed by atoms with Gasteiger partial charge in [-0.1, -0.05) is 28.1 Å². The third kappa shape index (κ3) is 3.70. The smallest absolute Gasteiger partial charge is 0.259 e. The molecule has 0 aliphatic carbocycles.